The number of pyridine rings is 1. The number of amides is 1. The monoisotopic (exact) mass is 269 g/mol. The molecule has 0 radical (unpaired) electrons. The van der Waals surface area contributed by atoms with E-state index in [9.17, 15) is 14.0 Å². The SMILES string of the molecule is CC(C)NC(=O)CN(C)c1ncc(F)cc1C(=O)O. The van der Waals surface area contributed by atoms with Crippen LogP contribution in [-0.2, 0) is 4.79 Å². The predicted molar refractivity (Wildman–Crippen MR) is 67.7 cm³/mol. The van der Waals surface area contributed by atoms with E-state index in [4.69, 9.17) is 5.11 Å². The lowest BCUT2D eigenvalue weighted by atomic mass is 10.2. The first-order valence-electron chi connectivity index (χ1n) is 5.70. The van der Waals surface area contributed by atoms with Crippen LogP contribution >= 0.6 is 0 Å². The summed E-state index contributed by atoms with van der Waals surface area (Å²) < 4.78 is 13.0. The Balaban J connectivity index is 2.90. The van der Waals surface area contributed by atoms with Gasteiger partial charge in [-0.15, -0.1) is 0 Å². The summed E-state index contributed by atoms with van der Waals surface area (Å²) in [5, 5.41) is 11.7. The summed E-state index contributed by atoms with van der Waals surface area (Å²) in [6.45, 7) is 3.57. The Morgan fingerprint density at radius 2 is 2.16 bits per heavy atom. The van der Waals surface area contributed by atoms with E-state index in [0.717, 1.165) is 12.3 Å². The first kappa shape index (κ1) is 14.9. The van der Waals surface area contributed by atoms with Crippen LogP contribution < -0.4 is 10.2 Å². The van der Waals surface area contributed by atoms with Gasteiger partial charge in [0.2, 0.25) is 5.91 Å². The first-order chi connectivity index (χ1) is 8.81. The van der Waals surface area contributed by atoms with Crippen molar-refractivity contribution in [3.8, 4) is 0 Å². The number of likely N-dealkylation sites (N-methyl/N-ethyl adjacent to an activating group) is 1. The van der Waals surface area contributed by atoms with Gasteiger partial charge in [0.1, 0.15) is 17.2 Å². The molecule has 0 aliphatic rings. The smallest absolute Gasteiger partial charge is 0.339 e. The summed E-state index contributed by atoms with van der Waals surface area (Å²) in [7, 11) is 1.52. The largest absolute Gasteiger partial charge is 0.478 e. The molecule has 6 nitrogen and oxygen atoms in total. The molecule has 104 valence electrons. The van der Waals surface area contributed by atoms with Gasteiger partial charge in [-0.1, -0.05) is 0 Å². The number of carbonyl (C=O) groups excluding carboxylic acids is 1. The molecule has 0 spiro atoms. The molecule has 0 bridgehead atoms. The molecule has 0 atom stereocenters. The summed E-state index contributed by atoms with van der Waals surface area (Å²) in [6.07, 6.45) is 0.915. The third kappa shape index (κ3) is 4.20. The number of nitrogens with zero attached hydrogens (tertiary/aromatic N) is 2. The van der Waals surface area contributed by atoms with Gasteiger partial charge in [0.05, 0.1) is 12.7 Å². The summed E-state index contributed by atoms with van der Waals surface area (Å²) >= 11 is 0. The minimum atomic E-state index is -1.29. The van der Waals surface area contributed by atoms with Gasteiger partial charge in [-0.05, 0) is 19.9 Å². The molecule has 0 unspecified atom stereocenters. The Kier molecular flexibility index (Phi) is 4.80. The fourth-order valence-electron chi connectivity index (χ4n) is 1.55. The number of halogens is 1. The molecule has 0 saturated carbocycles. The maximum Gasteiger partial charge on any atom is 0.339 e. The maximum absolute atomic E-state index is 13.0. The highest BCUT2D eigenvalue weighted by atomic mass is 19.1. The number of hydrogen-bond acceptors (Lipinski definition) is 4. The van der Waals surface area contributed by atoms with Crippen LogP contribution in [0.5, 0.6) is 0 Å². The number of carbonyl (C=O) groups is 2. The zero-order chi connectivity index (χ0) is 14.6. The van der Waals surface area contributed by atoms with E-state index in [0.29, 0.717) is 0 Å². The Labute approximate surface area is 110 Å². The number of rotatable bonds is 5. The number of hydrogen-bond donors (Lipinski definition) is 2. The second-order valence-electron chi connectivity index (χ2n) is 4.41. The molecule has 0 saturated heterocycles. The van der Waals surface area contributed by atoms with E-state index in [2.05, 4.69) is 10.3 Å². The van der Waals surface area contributed by atoms with E-state index in [1.165, 1.54) is 11.9 Å². The number of carboxylic acid groups (broad SMARTS) is 1. The van der Waals surface area contributed by atoms with E-state index in [1.54, 1.807) is 0 Å². The van der Waals surface area contributed by atoms with Crippen LogP contribution in [-0.4, -0.2) is 41.6 Å². The summed E-state index contributed by atoms with van der Waals surface area (Å²) in [5.41, 5.74) is -0.278. The number of aromatic carboxylic acids is 1. The molecule has 7 heteroatoms. The normalized spacial score (nSPS) is 10.4. The minimum absolute atomic E-state index is 0.0129. The van der Waals surface area contributed by atoms with Crippen LogP contribution in [0, 0.1) is 5.82 Å². The van der Waals surface area contributed by atoms with Gasteiger partial charge in [-0.3, -0.25) is 4.79 Å². The molecule has 0 aliphatic carbocycles. The first-order valence-corrected chi connectivity index (χ1v) is 5.70. The van der Waals surface area contributed by atoms with Crippen molar-refractivity contribution in [2.75, 3.05) is 18.5 Å². The average Bonchev–Trinajstić information content (AvgIpc) is 2.27. The molecule has 1 heterocycles. The quantitative estimate of drug-likeness (QED) is 0.829. The van der Waals surface area contributed by atoms with Crippen LogP contribution in [0.15, 0.2) is 12.3 Å². The zero-order valence-electron chi connectivity index (χ0n) is 11.0. The van der Waals surface area contributed by atoms with Crippen LogP contribution in [0.25, 0.3) is 0 Å². The van der Waals surface area contributed by atoms with Crippen molar-refractivity contribution >= 4 is 17.7 Å². The highest BCUT2D eigenvalue weighted by molar-refractivity contribution is 5.94. The molecule has 1 aromatic heterocycles. The molecule has 1 rings (SSSR count). The Morgan fingerprint density at radius 1 is 1.53 bits per heavy atom. The Morgan fingerprint density at radius 3 is 2.68 bits per heavy atom. The zero-order valence-corrected chi connectivity index (χ0v) is 11.0. The minimum Gasteiger partial charge on any atom is -0.478 e. The summed E-state index contributed by atoms with van der Waals surface area (Å²) in [4.78, 5) is 27.7. The molecule has 1 amide bonds. The number of carboxylic acids is 1. The lowest BCUT2D eigenvalue weighted by Gasteiger charge is -2.20. The number of aromatic nitrogens is 1. The van der Waals surface area contributed by atoms with Crippen molar-refractivity contribution in [1.82, 2.24) is 10.3 Å². The number of anilines is 1. The fourth-order valence-corrected chi connectivity index (χ4v) is 1.55. The van der Waals surface area contributed by atoms with Crippen LogP contribution in [0.3, 0.4) is 0 Å². The van der Waals surface area contributed by atoms with Crippen molar-refractivity contribution in [2.24, 2.45) is 0 Å². The van der Waals surface area contributed by atoms with Crippen molar-refractivity contribution in [3.63, 3.8) is 0 Å². The van der Waals surface area contributed by atoms with Gasteiger partial charge in [0.15, 0.2) is 0 Å². The molecule has 0 aromatic carbocycles. The lowest BCUT2D eigenvalue weighted by molar-refractivity contribution is -0.120. The average molecular weight is 269 g/mol. The lowest BCUT2D eigenvalue weighted by Crippen LogP contribution is -2.39. The van der Waals surface area contributed by atoms with Gasteiger partial charge in [0.25, 0.3) is 0 Å². The van der Waals surface area contributed by atoms with E-state index in [1.807, 2.05) is 13.8 Å². The van der Waals surface area contributed by atoms with E-state index >= 15 is 0 Å². The maximum atomic E-state index is 13.0. The Hall–Kier alpha value is -2.18. The Bertz CT molecular complexity index is 491. The molecule has 19 heavy (non-hydrogen) atoms. The second kappa shape index (κ2) is 6.12. The van der Waals surface area contributed by atoms with Gasteiger partial charge < -0.3 is 15.3 Å². The molecule has 1 aromatic rings. The van der Waals surface area contributed by atoms with Crippen molar-refractivity contribution < 1.29 is 19.1 Å². The molecule has 2 N–H and O–H groups in total. The fraction of sp³-hybridized carbons (Fsp3) is 0.417. The van der Waals surface area contributed by atoms with Gasteiger partial charge in [0, 0.05) is 13.1 Å². The van der Waals surface area contributed by atoms with Gasteiger partial charge >= 0.3 is 5.97 Å². The molecule has 0 fully saturated rings. The van der Waals surface area contributed by atoms with Gasteiger partial charge in [-0.25, -0.2) is 14.2 Å². The highest BCUT2D eigenvalue weighted by Gasteiger charge is 2.18. The van der Waals surface area contributed by atoms with Crippen molar-refractivity contribution in [3.05, 3.63) is 23.6 Å². The predicted octanol–water partition coefficient (Wildman–Crippen LogP) is 0.880. The second-order valence-corrected chi connectivity index (χ2v) is 4.41. The topological polar surface area (TPSA) is 82.5 Å². The summed E-state index contributed by atoms with van der Waals surface area (Å²) in [5.74, 6) is -2.24. The van der Waals surface area contributed by atoms with Crippen LogP contribution in [0.1, 0.15) is 24.2 Å². The van der Waals surface area contributed by atoms with Gasteiger partial charge in [-0.2, -0.15) is 0 Å². The van der Waals surface area contributed by atoms with Crippen LogP contribution in [0.2, 0.25) is 0 Å². The van der Waals surface area contributed by atoms with E-state index < -0.39 is 11.8 Å². The standard InChI is InChI=1S/C12H16FN3O3/c1-7(2)15-10(17)6-16(3)11-9(12(18)19)4-8(13)5-14-11/h4-5,7H,6H2,1-3H3,(H,15,17)(H,18,19). The van der Waals surface area contributed by atoms with Crippen molar-refractivity contribution in [1.29, 1.82) is 0 Å². The molecular weight excluding hydrogens is 253 g/mol. The van der Waals surface area contributed by atoms with Crippen LogP contribution in [0.4, 0.5) is 10.2 Å². The highest BCUT2D eigenvalue weighted by Crippen LogP contribution is 2.17. The summed E-state index contributed by atoms with van der Waals surface area (Å²) in [6, 6.07) is 0.864. The molecular formula is C12H16FN3O3. The number of nitrogens with one attached hydrogen (secondary N) is 1. The van der Waals surface area contributed by atoms with Crippen molar-refractivity contribution in [2.45, 2.75) is 19.9 Å². The molecule has 0 aliphatic heterocycles. The third-order valence-corrected chi connectivity index (χ3v) is 2.26. The third-order valence-electron chi connectivity index (χ3n) is 2.26. The van der Waals surface area contributed by atoms with E-state index in [-0.39, 0.29) is 29.9 Å².